The van der Waals surface area contributed by atoms with Crippen molar-refractivity contribution in [3.63, 3.8) is 0 Å². The Labute approximate surface area is 159 Å². The van der Waals surface area contributed by atoms with Crippen LogP contribution >= 0.6 is 0 Å². The van der Waals surface area contributed by atoms with Gasteiger partial charge in [0.1, 0.15) is 0 Å². The number of benzene rings is 2. The second-order valence-electron chi connectivity index (χ2n) is 6.69. The highest BCUT2D eigenvalue weighted by Gasteiger charge is 2.12. The monoisotopic (exact) mass is 361 g/mol. The van der Waals surface area contributed by atoms with E-state index in [1.54, 1.807) is 18.2 Å². The smallest absolute Gasteiger partial charge is 0.337 e. The summed E-state index contributed by atoms with van der Waals surface area (Å²) in [6.07, 6.45) is 4.12. The molecule has 1 aliphatic heterocycles. The molecule has 3 rings (SSSR count). The Morgan fingerprint density at radius 2 is 2.07 bits per heavy atom. The van der Waals surface area contributed by atoms with E-state index in [2.05, 4.69) is 15.2 Å². The van der Waals surface area contributed by atoms with Crippen molar-refractivity contribution < 1.29 is 9.53 Å². The van der Waals surface area contributed by atoms with Gasteiger partial charge in [0.25, 0.3) is 0 Å². The van der Waals surface area contributed by atoms with Gasteiger partial charge in [0.15, 0.2) is 5.69 Å². The topological polar surface area (TPSA) is 55.0 Å². The normalized spacial score (nSPS) is 14.8. The van der Waals surface area contributed by atoms with Gasteiger partial charge in [-0.25, -0.2) is 9.64 Å². The van der Waals surface area contributed by atoms with Gasteiger partial charge in [-0.3, -0.25) is 4.99 Å². The fraction of sp³-hybridized carbons (Fsp3) is 0.318. The van der Waals surface area contributed by atoms with Gasteiger partial charge >= 0.3 is 5.97 Å². The fourth-order valence-electron chi connectivity index (χ4n) is 3.26. The number of carbonyl (C=O) groups is 1. The Morgan fingerprint density at radius 1 is 1.26 bits per heavy atom. The van der Waals surface area contributed by atoms with Crippen molar-refractivity contribution in [2.45, 2.75) is 12.8 Å². The number of hydrogen-bond donors (Lipinski definition) is 1. The van der Waals surface area contributed by atoms with Crippen molar-refractivity contribution in [3.05, 3.63) is 65.0 Å². The average Bonchev–Trinajstić information content (AvgIpc) is 2.73. The molecule has 1 N–H and O–H groups in total. The number of aliphatic imine (C=N–C) groups is 1. The molecule has 1 saturated heterocycles. The Kier molecular flexibility index (Phi) is 6.35. The molecule has 2 aromatic carbocycles. The second-order valence-corrected chi connectivity index (χ2v) is 6.69. The number of piperidine rings is 1. The van der Waals surface area contributed by atoms with Gasteiger partial charge in [-0.2, -0.15) is 0 Å². The lowest BCUT2D eigenvalue weighted by Gasteiger charge is -2.20. The third-order valence-corrected chi connectivity index (χ3v) is 4.75. The highest BCUT2D eigenvalue weighted by molar-refractivity contribution is 5.94. The minimum Gasteiger partial charge on any atom is -0.465 e. The van der Waals surface area contributed by atoms with Crippen LogP contribution in [-0.4, -0.2) is 38.9 Å². The number of methoxy groups -OCH3 is 1. The Balaban J connectivity index is 1.88. The van der Waals surface area contributed by atoms with E-state index in [1.807, 2.05) is 30.5 Å². The first kappa shape index (κ1) is 18.8. The summed E-state index contributed by atoms with van der Waals surface area (Å²) in [5.41, 5.74) is 3.66. The van der Waals surface area contributed by atoms with Crippen LogP contribution < -0.4 is 5.32 Å². The van der Waals surface area contributed by atoms with E-state index in [0.717, 1.165) is 49.2 Å². The lowest BCUT2D eigenvalue weighted by atomic mass is 9.98. The minimum atomic E-state index is -0.383. The molecule has 1 fully saturated rings. The van der Waals surface area contributed by atoms with Crippen LogP contribution in [0.3, 0.4) is 0 Å². The van der Waals surface area contributed by atoms with Crippen LogP contribution in [0, 0.1) is 12.5 Å². The molecule has 0 unspecified atom stereocenters. The molecule has 0 spiro atoms. The van der Waals surface area contributed by atoms with Crippen LogP contribution in [0.15, 0.2) is 47.5 Å². The summed E-state index contributed by atoms with van der Waals surface area (Å²) in [6.45, 7) is 10.1. The lowest BCUT2D eigenvalue weighted by Crippen LogP contribution is -2.28. The first-order valence-electron chi connectivity index (χ1n) is 9.11. The van der Waals surface area contributed by atoms with Gasteiger partial charge in [0.2, 0.25) is 0 Å². The van der Waals surface area contributed by atoms with E-state index in [-0.39, 0.29) is 5.97 Å². The molecule has 138 valence electrons. The van der Waals surface area contributed by atoms with Crippen LogP contribution in [-0.2, 0) is 4.74 Å². The van der Waals surface area contributed by atoms with Crippen LogP contribution in [0.2, 0.25) is 0 Å². The number of nitrogens with one attached hydrogen (secondary N) is 1. The number of carbonyl (C=O) groups excluding carboxylic acids is 1. The molecule has 0 saturated carbocycles. The van der Waals surface area contributed by atoms with Crippen molar-refractivity contribution >= 4 is 17.9 Å². The first-order chi connectivity index (χ1) is 13.2. The van der Waals surface area contributed by atoms with Crippen molar-refractivity contribution in [1.29, 1.82) is 0 Å². The third-order valence-electron chi connectivity index (χ3n) is 4.75. The Hall–Kier alpha value is -2.97. The average molecular weight is 361 g/mol. The van der Waals surface area contributed by atoms with E-state index in [4.69, 9.17) is 11.3 Å². The van der Waals surface area contributed by atoms with E-state index in [1.165, 1.54) is 7.11 Å². The zero-order chi connectivity index (χ0) is 19.1. The van der Waals surface area contributed by atoms with Crippen molar-refractivity contribution in [1.82, 2.24) is 5.32 Å². The summed E-state index contributed by atoms with van der Waals surface area (Å²) in [5, 5.41) is 3.36. The Bertz CT molecular complexity index is 877. The minimum absolute atomic E-state index is 0.383. The highest BCUT2D eigenvalue weighted by atomic mass is 16.5. The van der Waals surface area contributed by atoms with E-state index in [9.17, 15) is 4.79 Å². The predicted octanol–water partition coefficient (Wildman–Crippen LogP) is 4.11. The molecular formula is C22H23N3O2. The maximum atomic E-state index is 12.1. The standard InChI is InChI=1S/C22H23N3O2/c1-23-21-5-3-4-18(13-21)19-10-17(11-20(12-19)22(26)27-2)15-25-14-16-6-8-24-9-7-16/h3-5,10-13,15-16,24H,6-9,14H2,2H3. The molecule has 5 heteroatoms. The molecular weight excluding hydrogens is 338 g/mol. The summed E-state index contributed by atoms with van der Waals surface area (Å²) >= 11 is 0. The van der Waals surface area contributed by atoms with Crippen LogP contribution in [0.1, 0.15) is 28.8 Å². The summed E-state index contributed by atoms with van der Waals surface area (Å²) in [6, 6.07) is 12.9. The van der Waals surface area contributed by atoms with Crippen LogP contribution in [0.5, 0.6) is 0 Å². The molecule has 1 aliphatic rings. The number of nitrogens with zero attached hydrogens (tertiary/aromatic N) is 2. The van der Waals surface area contributed by atoms with Crippen molar-refractivity contribution in [2.24, 2.45) is 10.9 Å². The van der Waals surface area contributed by atoms with Gasteiger partial charge in [-0.1, -0.05) is 18.2 Å². The lowest BCUT2D eigenvalue weighted by molar-refractivity contribution is 0.0601. The zero-order valence-electron chi connectivity index (χ0n) is 15.4. The second kappa shape index (κ2) is 9.11. The van der Waals surface area contributed by atoms with E-state index >= 15 is 0 Å². The Morgan fingerprint density at radius 3 is 2.81 bits per heavy atom. The summed E-state index contributed by atoms with van der Waals surface area (Å²) in [4.78, 5) is 20.2. The first-order valence-corrected chi connectivity index (χ1v) is 9.11. The SMILES string of the molecule is [C-]#[N+]c1cccc(-c2cc(C=NCC3CCNCC3)cc(C(=O)OC)c2)c1. The van der Waals surface area contributed by atoms with Crippen molar-refractivity contribution in [3.8, 4) is 11.1 Å². The predicted molar refractivity (Wildman–Crippen MR) is 108 cm³/mol. The fourth-order valence-corrected chi connectivity index (χ4v) is 3.26. The molecule has 5 nitrogen and oxygen atoms in total. The van der Waals surface area contributed by atoms with Gasteiger partial charge in [0, 0.05) is 12.8 Å². The van der Waals surface area contributed by atoms with Gasteiger partial charge in [-0.15, -0.1) is 0 Å². The van der Waals surface area contributed by atoms with E-state index in [0.29, 0.717) is 17.2 Å². The van der Waals surface area contributed by atoms with Gasteiger partial charge in [-0.05, 0) is 72.8 Å². The molecule has 0 bridgehead atoms. The third kappa shape index (κ3) is 5.02. The van der Waals surface area contributed by atoms with Crippen molar-refractivity contribution in [2.75, 3.05) is 26.7 Å². The van der Waals surface area contributed by atoms with Gasteiger partial charge < -0.3 is 10.1 Å². The zero-order valence-corrected chi connectivity index (χ0v) is 15.4. The van der Waals surface area contributed by atoms with Gasteiger partial charge in [0.05, 0.1) is 19.2 Å². The summed E-state index contributed by atoms with van der Waals surface area (Å²) < 4.78 is 4.89. The molecule has 0 amide bonds. The van der Waals surface area contributed by atoms with Crippen LogP contribution in [0.25, 0.3) is 16.0 Å². The number of esters is 1. The molecule has 0 atom stereocenters. The summed E-state index contributed by atoms with van der Waals surface area (Å²) in [5.74, 6) is 0.229. The summed E-state index contributed by atoms with van der Waals surface area (Å²) in [7, 11) is 1.37. The maximum absolute atomic E-state index is 12.1. The van der Waals surface area contributed by atoms with E-state index < -0.39 is 0 Å². The quantitative estimate of drug-likeness (QED) is 0.495. The molecule has 1 heterocycles. The van der Waals surface area contributed by atoms with Crippen LogP contribution in [0.4, 0.5) is 5.69 Å². The molecule has 0 aromatic heterocycles. The molecule has 2 aromatic rings. The highest BCUT2D eigenvalue weighted by Crippen LogP contribution is 2.26. The number of hydrogen-bond acceptors (Lipinski definition) is 4. The number of ether oxygens (including phenoxy) is 1. The molecule has 27 heavy (non-hydrogen) atoms. The molecule has 0 aliphatic carbocycles. The largest absolute Gasteiger partial charge is 0.465 e. The maximum Gasteiger partial charge on any atom is 0.337 e. The number of rotatable bonds is 5. The molecule has 0 radical (unpaired) electrons.